The number of nitrogens with zero attached hydrogens (tertiary/aromatic N) is 4. The number of ether oxygens (including phenoxy) is 1. The normalized spacial score (nSPS) is 28.2. The zero-order valence-corrected chi connectivity index (χ0v) is 12.9. The Bertz CT molecular complexity index is 531. The van der Waals surface area contributed by atoms with Gasteiger partial charge in [0.2, 0.25) is 0 Å². The van der Waals surface area contributed by atoms with Crippen LogP contribution in [0.1, 0.15) is 16.2 Å². The third-order valence-electron chi connectivity index (χ3n) is 4.44. The summed E-state index contributed by atoms with van der Waals surface area (Å²) in [5, 5.41) is 0. The van der Waals surface area contributed by atoms with E-state index in [2.05, 4.69) is 29.0 Å². The van der Waals surface area contributed by atoms with Gasteiger partial charge in [0.1, 0.15) is 5.69 Å². The van der Waals surface area contributed by atoms with E-state index in [0.29, 0.717) is 11.6 Å². The molecule has 2 saturated heterocycles. The molecule has 6 heteroatoms. The number of fused-ring (bicyclic) bond motifs is 1. The maximum Gasteiger partial charge on any atom is 0.274 e. The highest BCUT2D eigenvalue weighted by atomic mass is 16.5. The molecule has 6 nitrogen and oxygen atoms in total. The van der Waals surface area contributed by atoms with Gasteiger partial charge in [0.05, 0.1) is 25.1 Å². The predicted molar refractivity (Wildman–Crippen MR) is 78.0 cm³/mol. The van der Waals surface area contributed by atoms with Crippen LogP contribution in [0.25, 0.3) is 0 Å². The van der Waals surface area contributed by atoms with Crippen LogP contribution in [-0.2, 0) is 4.74 Å². The van der Waals surface area contributed by atoms with Gasteiger partial charge >= 0.3 is 0 Å². The molecule has 0 N–H and O–H groups in total. The molecule has 21 heavy (non-hydrogen) atoms. The summed E-state index contributed by atoms with van der Waals surface area (Å²) in [6.07, 6.45) is 3.21. The number of amides is 1. The van der Waals surface area contributed by atoms with Crippen molar-refractivity contribution in [3.05, 3.63) is 23.8 Å². The Balaban J connectivity index is 1.76. The zero-order valence-electron chi connectivity index (χ0n) is 12.9. The lowest BCUT2D eigenvalue weighted by atomic mass is 9.81. The van der Waals surface area contributed by atoms with Gasteiger partial charge in [-0.1, -0.05) is 0 Å². The van der Waals surface area contributed by atoms with Gasteiger partial charge in [0, 0.05) is 37.2 Å². The molecule has 3 heterocycles. The van der Waals surface area contributed by atoms with Crippen molar-refractivity contribution in [2.75, 3.05) is 46.9 Å². The molecule has 0 aliphatic carbocycles. The van der Waals surface area contributed by atoms with Crippen LogP contribution in [0.4, 0.5) is 0 Å². The first kappa shape index (κ1) is 14.4. The maximum atomic E-state index is 12.6. The third-order valence-corrected chi connectivity index (χ3v) is 4.44. The summed E-state index contributed by atoms with van der Waals surface area (Å²) >= 11 is 0. The number of aryl methyl sites for hydroxylation is 1. The molecule has 2 atom stereocenters. The molecule has 0 unspecified atom stereocenters. The minimum atomic E-state index is -0.0185. The van der Waals surface area contributed by atoms with Crippen LogP contribution in [0.2, 0.25) is 0 Å². The topological polar surface area (TPSA) is 58.6 Å². The largest absolute Gasteiger partial charge is 0.380 e. The quantitative estimate of drug-likeness (QED) is 0.808. The molecule has 2 aliphatic rings. The average Bonchev–Trinajstić information content (AvgIpc) is 2.94. The van der Waals surface area contributed by atoms with Crippen LogP contribution in [0.15, 0.2) is 12.4 Å². The second-order valence-electron chi connectivity index (χ2n) is 6.54. The van der Waals surface area contributed by atoms with Crippen LogP contribution >= 0.6 is 0 Å². The van der Waals surface area contributed by atoms with Crippen molar-refractivity contribution < 1.29 is 9.53 Å². The first-order valence-corrected chi connectivity index (χ1v) is 7.30. The van der Waals surface area contributed by atoms with Gasteiger partial charge in [0.15, 0.2) is 0 Å². The molecule has 0 spiro atoms. The van der Waals surface area contributed by atoms with Gasteiger partial charge < -0.3 is 14.5 Å². The number of carbonyl (C=O) groups is 1. The van der Waals surface area contributed by atoms with E-state index in [0.717, 1.165) is 38.5 Å². The van der Waals surface area contributed by atoms with Gasteiger partial charge in [-0.25, -0.2) is 4.98 Å². The van der Waals surface area contributed by atoms with E-state index in [1.165, 1.54) is 0 Å². The molecule has 0 radical (unpaired) electrons. The summed E-state index contributed by atoms with van der Waals surface area (Å²) < 4.78 is 5.67. The van der Waals surface area contributed by atoms with Gasteiger partial charge in [-0.15, -0.1) is 0 Å². The van der Waals surface area contributed by atoms with Crippen molar-refractivity contribution in [1.82, 2.24) is 19.8 Å². The molecule has 2 fully saturated rings. The van der Waals surface area contributed by atoms with E-state index in [4.69, 9.17) is 4.74 Å². The van der Waals surface area contributed by atoms with Crippen molar-refractivity contribution in [3.63, 3.8) is 0 Å². The monoisotopic (exact) mass is 290 g/mol. The van der Waals surface area contributed by atoms with Gasteiger partial charge in [-0.05, 0) is 21.0 Å². The molecule has 114 valence electrons. The third kappa shape index (κ3) is 2.65. The Morgan fingerprint density at radius 1 is 1.48 bits per heavy atom. The van der Waals surface area contributed by atoms with E-state index in [-0.39, 0.29) is 11.3 Å². The molecule has 2 aliphatic heterocycles. The summed E-state index contributed by atoms with van der Waals surface area (Å²) in [5.74, 6) is 0.400. The van der Waals surface area contributed by atoms with Crippen molar-refractivity contribution in [2.24, 2.45) is 11.3 Å². The minimum Gasteiger partial charge on any atom is -0.380 e. The standard InChI is InChI=1S/C15H22N4O2/c1-11-4-17-13(5-16-11)14(20)19-6-12-7-21-10-15(12,9-19)8-18(2)3/h4-5,12H,6-10H2,1-3H3/t12-,15+/m1/s1. The molecule has 0 saturated carbocycles. The average molecular weight is 290 g/mol. The lowest BCUT2D eigenvalue weighted by molar-refractivity contribution is 0.0691. The van der Waals surface area contributed by atoms with E-state index in [1.807, 2.05) is 11.8 Å². The summed E-state index contributed by atoms with van der Waals surface area (Å²) in [7, 11) is 4.14. The van der Waals surface area contributed by atoms with Crippen molar-refractivity contribution in [1.29, 1.82) is 0 Å². The number of aromatic nitrogens is 2. The molecule has 3 rings (SSSR count). The second-order valence-corrected chi connectivity index (χ2v) is 6.54. The molecule has 1 aromatic heterocycles. The molecule has 1 aromatic rings. The molecular formula is C15H22N4O2. The van der Waals surface area contributed by atoms with Gasteiger partial charge in [-0.3, -0.25) is 9.78 Å². The van der Waals surface area contributed by atoms with Crippen molar-refractivity contribution in [2.45, 2.75) is 6.92 Å². The van der Waals surface area contributed by atoms with E-state index >= 15 is 0 Å². The van der Waals surface area contributed by atoms with Gasteiger partial charge in [0.25, 0.3) is 5.91 Å². The lowest BCUT2D eigenvalue weighted by Crippen LogP contribution is -2.41. The van der Waals surface area contributed by atoms with Gasteiger partial charge in [-0.2, -0.15) is 0 Å². The number of hydrogen-bond donors (Lipinski definition) is 0. The Morgan fingerprint density at radius 3 is 2.95 bits per heavy atom. The predicted octanol–water partition coefficient (Wildman–Crippen LogP) is 0.435. The maximum absolute atomic E-state index is 12.6. The molecule has 0 bridgehead atoms. The summed E-state index contributed by atoms with van der Waals surface area (Å²) in [6.45, 7) is 5.79. The van der Waals surface area contributed by atoms with Crippen LogP contribution in [0.5, 0.6) is 0 Å². The number of likely N-dealkylation sites (tertiary alicyclic amines) is 1. The minimum absolute atomic E-state index is 0.0185. The smallest absolute Gasteiger partial charge is 0.274 e. The molecular weight excluding hydrogens is 268 g/mol. The highest BCUT2D eigenvalue weighted by Gasteiger charge is 2.52. The highest BCUT2D eigenvalue weighted by molar-refractivity contribution is 5.92. The number of rotatable bonds is 3. The summed E-state index contributed by atoms with van der Waals surface area (Å²) in [5.41, 5.74) is 1.32. The van der Waals surface area contributed by atoms with Crippen molar-refractivity contribution in [3.8, 4) is 0 Å². The second kappa shape index (κ2) is 5.35. The lowest BCUT2D eigenvalue weighted by Gasteiger charge is -2.30. The fourth-order valence-corrected chi connectivity index (χ4v) is 3.51. The Labute approximate surface area is 125 Å². The Hall–Kier alpha value is -1.53. The molecule has 0 aromatic carbocycles. The van der Waals surface area contributed by atoms with E-state index in [1.54, 1.807) is 12.4 Å². The van der Waals surface area contributed by atoms with Crippen LogP contribution < -0.4 is 0 Å². The van der Waals surface area contributed by atoms with E-state index < -0.39 is 0 Å². The molecule has 1 amide bonds. The van der Waals surface area contributed by atoms with Crippen LogP contribution in [0.3, 0.4) is 0 Å². The summed E-state index contributed by atoms with van der Waals surface area (Å²) in [6, 6.07) is 0. The number of carbonyl (C=O) groups excluding carboxylic acids is 1. The Kier molecular flexibility index (Phi) is 3.67. The highest BCUT2D eigenvalue weighted by Crippen LogP contribution is 2.41. The fraction of sp³-hybridized carbons (Fsp3) is 0.667. The van der Waals surface area contributed by atoms with E-state index in [9.17, 15) is 4.79 Å². The fourth-order valence-electron chi connectivity index (χ4n) is 3.51. The number of hydrogen-bond acceptors (Lipinski definition) is 5. The van der Waals surface area contributed by atoms with Crippen LogP contribution in [-0.4, -0.2) is 72.6 Å². The SMILES string of the molecule is Cc1cnc(C(=O)N2C[C@@H]3COC[C@]3(CN(C)C)C2)cn1. The Morgan fingerprint density at radius 2 is 2.29 bits per heavy atom. The van der Waals surface area contributed by atoms with Crippen molar-refractivity contribution >= 4 is 5.91 Å². The summed E-state index contributed by atoms with van der Waals surface area (Å²) in [4.78, 5) is 25.1. The van der Waals surface area contributed by atoms with Crippen LogP contribution in [0, 0.1) is 18.3 Å². The first-order valence-electron chi connectivity index (χ1n) is 7.30. The first-order chi connectivity index (χ1) is 10.00. The zero-order chi connectivity index (χ0) is 15.0.